The minimum atomic E-state index is -0.554. The van der Waals surface area contributed by atoms with Crippen molar-refractivity contribution in [1.82, 2.24) is 0 Å². The zero-order valence-electron chi connectivity index (χ0n) is 12.5. The van der Waals surface area contributed by atoms with Crippen molar-refractivity contribution in [3.05, 3.63) is 83.9 Å². The van der Waals surface area contributed by atoms with E-state index in [0.29, 0.717) is 5.56 Å². The number of fused-ring (bicyclic) bond motifs is 1. The summed E-state index contributed by atoms with van der Waals surface area (Å²) in [4.78, 5) is 12.5. The lowest BCUT2D eigenvalue weighted by molar-refractivity contribution is -0.0542. The first-order valence-electron chi connectivity index (χ1n) is 7.67. The van der Waals surface area contributed by atoms with Crippen molar-refractivity contribution in [2.75, 3.05) is 6.61 Å². The van der Waals surface area contributed by atoms with Crippen molar-refractivity contribution in [3.8, 4) is 0 Å². The third-order valence-corrected chi connectivity index (χ3v) is 4.11. The minimum Gasteiger partial charge on any atom is -0.345 e. The molecule has 0 bridgehead atoms. The smallest absolute Gasteiger partial charge is 0.194 e. The zero-order chi connectivity index (χ0) is 15.6. The van der Waals surface area contributed by atoms with Gasteiger partial charge in [-0.25, -0.2) is 0 Å². The molecule has 1 aliphatic rings. The van der Waals surface area contributed by atoms with Crippen LogP contribution in [0.4, 0.5) is 0 Å². The van der Waals surface area contributed by atoms with E-state index < -0.39 is 12.4 Å². The Morgan fingerprint density at radius 3 is 2.48 bits per heavy atom. The van der Waals surface area contributed by atoms with E-state index >= 15 is 0 Å². The van der Waals surface area contributed by atoms with Gasteiger partial charge in [-0.15, -0.1) is 0 Å². The van der Waals surface area contributed by atoms with E-state index in [0.717, 1.165) is 16.3 Å². The largest absolute Gasteiger partial charge is 0.345 e. The number of carbonyl (C=O) groups is 1. The summed E-state index contributed by atoms with van der Waals surface area (Å²) in [7, 11) is 0. The molecule has 0 radical (unpaired) electrons. The predicted molar refractivity (Wildman–Crippen MR) is 88.3 cm³/mol. The molecule has 0 spiro atoms. The van der Waals surface area contributed by atoms with Crippen LogP contribution in [0.1, 0.15) is 22.2 Å². The van der Waals surface area contributed by atoms with Crippen LogP contribution in [0.15, 0.2) is 72.8 Å². The number of Topliss-reactive ketones (excluding diaryl/α,β-unsaturated/α-hetero) is 1. The fourth-order valence-electron chi connectivity index (χ4n) is 2.95. The maximum absolute atomic E-state index is 12.5. The molecular formula is C20H16O3. The Labute approximate surface area is 134 Å². The molecule has 1 fully saturated rings. The fourth-order valence-corrected chi connectivity index (χ4v) is 2.95. The third-order valence-electron chi connectivity index (χ3n) is 4.11. The highest BCUT2D eigenvalue weighted by atomic mass is 16.7. The number of carbonyl (C=O) groups excluding carboxylic acids is 1. The summed E-state index contributed by atoms with van der Waals surface area (Å²) in [6.45, 7) is 0.279. The molecule has 3 nitrogen and oxygen atoms in total. The van der Waals surface area contributed by atoms with Gasteiger partial charge in [-0.2, -0.15) is 0 Å². The number of hydrogen-bond donors (Lipinski definition) is 0. The van der Waals surface area contributed by atoms with Crippen LogP contribution < -0.4 is 0 Å². The van der Waals surface area contributed by atoms with Crippen LogP contribution >= 0.6 is 0 Å². The molecule has 114 valence electrons. The van der Waals surface area contributed by atoms with Crippen LogP contribution in [-0.2, 0) is 9.47 Å². The Morgan fingerprint density at radius 1 is 0.870 bits per heavy atom. The van der Waals surface area contributed by atoms with Gasteiger partial charge < -0.3 is 9.47 Å². The van der Waals surface area contributed by atoms with Crippen molar-refractivity contribution in [3.63, 3.8) is 0 Å². The molecule has 1 heterocycles. The summed E-state index contributed by atoms with van der Waals surface area (Å²) < 4.78 is 11.7. The van der Waals surface area contributed by atoms with E-state index in [4.69, 9.17) is 9.47 Å². The zero-order valence-corrected chi connectivity index (χ0v) is 12.5. The van der Waals surface area contributed by atoms with E-state index in [9.17, 15) is 4.79 Å². The summed E-state index contributed by atoms with van der Waals surface area (Å²) in [5.74, 6) is -0.0339. The molecule has 1 aliphatic heterocycles. The molecule has 0 aliphatic carbocycles. The Bertz CT molecular complexity index is 836. The van der Waals surface area contributed by atoms with Crippen molar-refractivity contribution < 1.29 is 14.3 Å². The van der Waals surface area contributed by atoms with Crippen LogP contribution in [-0.4, -0.2) is 18.5 Å². The molecule has 1 saturated heterocycles. The SMILES string of the molecule is O=C(c1ccccc1)C1COC(c2cccc3ccccc23)O1. The summed E-state index contributed by atoms with van der Waals surface area (Å²) in [5.41, 5.74) is 1.62. The number of ether oxygens (including phenoxy) is 2. The highest BCUT2D eigenvalue weighted by Crippen LogP contribution is 2.33. The Hall–Kier alpha value is -2.49. The second-order valence-electron chi connectivity index (χ2n) is 5.59. The average molecular weight is 304 g/mol. The van der Waals surface area contributed by atoms with Gasteiger partial charge in [0.15, 0.2) is 12.1 Å². The molecule has 0 amide bonds. The second-order valence-corrected chi connectivity index (χ2v) is 5.59. The molecule has 23 heavy (non-hydrogen) atoms. The molecule has 3 aromatic carbocycles. The van der Waals surface area contributed by atoms with Gasteiger partial charge in [0.1, 0.15) is 6.10 Å². The van der Waals surface area contributed by atoms with E-state index in [2.05, 4.69) is 12.1 Å². The van der Waals surface area contributed by atoms with Crippen molar-refractivity contribution >= 4 is 16.6 Å². The van der Waals surface area contributed by atoms with Gasteiger partial charge in [0, 0.05) is 11.1 Å². The molecule has 2 atom stereocenters. The van der Waals surface area contributed by atoms with Gasteiger partial charge in [-0.1, -0.05) is 72.8 Å². The van der Waals surface area contributed by atoms with Gasteiger partial charge in [-0.05, 0) is 10.8 Å². The molecule has 4 rings (SSSR count). The molecular weight excluding hydrogens is 288 g/mol. The second kappa shape index (κ2) is 5.95. The highest BCUT2D eigenvalue weighted by molar-refractivity contribution is 5.99. The van der Waals surface area contributed by atoms with E-state index in [1.165, 1.54) is 0 Å². The predicted octanol–water partition coefficient (Wildman–Crippen LogP) is 4.14. The standard InChI is InChI=1S/C20H16O3/c21-19(15-8-2-1-3-9-15)18-13-22-20(23-18)17-12-6-10-14-7-4-5-11-16(14)17/h1-12,18,20H,13H2. The normalized spacial score (nSPS) is 20.7. The minimum absolute atomic E-state index is 0.0339. The molecule has 2 unspecified atom stereocenters. The monoisotopic (exact) mass is 304 g/mol. The van der Waals surface area contributed by atoms with E-state index in [-0.39, 0.29) is 12.4 Å². The fraction of sp³-hybridized carbons (Fsp3) is 0.150. The lowest BCUT2D eigenvalue weighted by atomic mass is 10.0. The van der Waals surface area contributed by atoms with E-state index in [1.54, 1.807) is 12.1 Å². The van der Waals surface area contributed by atoms with Gasteiger partial charge in [0.25, 0.3) is 0 Å². The Morgan fingerprint density at radius 2 is 1.61 bits per heavy atom. The molecule has 3 aromatic rings. The highest BCUT2D eigenvalue weighted by Gasteiger charge is 2.33. The number of benzene rings is 3. The third kappa shape index (κ3) is 2.65. The number of rotatable bonds is 3. The molecule has 0 saturated carbocycles. The van der Waals surface area contributed by atoms with Crippen molar-refractivity contribution in [1.29, 1.82) is 0 Å². The van der Waals surface area contributed by atoms with Gasteiger partial charge in [-0.3, -0.25) is 4.79 Å². The summed E-state index contributed by atoms with van der Waals surface area (Å²) in [6, 6.07) is 23.3. The Balaban J connectivity index is 1.60. The first-order chi connectivity index (χ1) is 11.3. The van der Waals surface area contributed by atoms with Crippen LogP contribution in [0.2, 0.25) is 0 Å². The maximum atomic E-state index is 12.5. The van der Waals surface area contributed by atoms with Crippen LogP contribution in [0.25, 0.3) is 10.8 Å². The average Bonchev–Trinajstić information content (AvgIpc) is 3.11. The molecule has 0 N–H and O–H groups in total. The lowest BCUT2D eigenvalue weighted by Crippen LogP contribution is -2.22. The summed E-state index contributed by atoms with van der Waals surface area (Å²) in [6.07, 6.45) is -1.06. The van der Waals surface area contributed by atoms with Crippen LogP contribution in [0.3, 0.4) is 0 Å². The first-order valence-corrected chi connectivity index (χ1v) is 7.67. The lowest BCUT2D eigenvalue weighted by Gasteiger charge is -2.13. The van der Waals surface area contributed by atoms with Gasteiger partial charge in [0.2, 0.25) is 0 Å². The van der Waals surface area contributed by atoms with Gasteiger partial charge in [0.05, 0.1) is 6.61 Å². The first kappa shape index (κ1) is 14.1. The van der Waals surface area contributed by atoms with Crippen molar-refractivity contribution in [2.45, 2.75) is 12.4 Å². The van der Waals surface area contributed by atoms with Crippen molar-refractivity contribution in [2.24, 2.45) is 0 Å². The maximum Gasteiger partial charge on any atom is 0.194 e. The molecule has 0 aromatic heterocycles. The summed E-state index contributed by atoms with van der Waals surface area (Å²) >= 11 is 0. The van der Waals surface area contributed by atoms with Crippen LogP contribution in [0.5, 0.6) is 0 Å². The Kier molecular flexibility index (Phi) is 3.66. The van der Waals surface area contributed by atoms with E-state index in [1.807, 2.05) is 48.5 Å². The number of hydrogen-bond acceptors (Lipinski definition) is 3. The van der Waals surface area contributed by atoms with Crippen LogP contribution in [0, 0.1) is 0 Å². The topological polar surface area (TPSA) is 35.5 Å². The molecule has 3 heteroatoms. The van der Waals surface area contributed by atoms with Gasteiger partial charge >= 0.3 is 0 Å². The summed E-state index contributed by atoms with van der Waals surface area (Å²) in [5, 5.41) is 2.22. The quantitative estimate of drug-likeness (QED) is 0.682. The number of ketones is 1.